The number of pyridine rings is 1. The topological polar surface area (TPSA) is 31.2 Å². The summed E-state index contributed by atoms with van der Waals surface area (Å²) in [5, 5.41) is 0. The Morgan fingerprint density at radius 1 is 1.40 bits per heavy atom. The van der Waals surface area contributed by atoms with Gasteiger partial charge in [0.05, 0.1) is 6.61 Å². The molecule has 0 saturated heterocycles. The zero-order valence-corrected chi connectivity index (χ0v) is 9.01. The van der Waals surface area contributed by atoms with Gasteiger partial charge in [-0.1, -0.05) is 0 Å². The summed E-state index contributed by atoms with van der Waals surface area (Å²) < 4.78 is 40.2. The molecule has 1 aromatic rings. The van der Waals surface area contributed by atoms with Crippen LogP contribution in [-0.4, -0.2) is 17.5 Å². The maximum atomic E-state index is 11.6. The quantitative estimate of drug-likeness (QED) is 0.852. The molecule has 0 aliphatic rings. The number of rotatable bonds is 3. The van der Waals surface area contributed by atoms with Crippen LogP contribution in [-0.2, 0) is 11.3 Å². The van der Waals surface area contributed by atoms with Crippen molar-refractivity contribution < 1.29 is 17.9 Å². The summed E-state index contributed by atoms with van der Waals surface area (Å²) in [4.78, 5) is 11.1. The third kappa shape index (κ3) is 4.48. The molecule has 3 nitrogen and oxygen atoms in total. The van der Waals surface area contributed by atoms with E-state index in [0.29, 0.717) is 4.47 Å². The summed E-state index contributed by atoms with van der Waals surface area (Å²) in [6.45, 7) is -0.725. The lowest BCUT2D eigenvalue weighted by atomic mass is 10.4. The van der Waals surface area contributed by atoms with Gasteiger partial charge in [0.1, 0.15) is 0 Å². The van der Waals surface area contributed by atoms with Crippen LogP contribution in [0.25, 0.3) is 0 Å². The first-order valence-electron chi connectivity index (χ1n) is 3.95. The summed E-state index contributed by atoms with van der Waals surface area (Å²) in [7, 11) is 0. The van der Waals surface area contributed by atoms with E-state index in [1.54, 1.807) is 0 Å². The number of ether oxygens (including phenoxy) is 1. The fourth-order valence-electron chi connectivity index (χ4n) is 0.937. The molecule has 0 fully saturated rings. The molecule has 0 saturated carbocycles. The van der Waals surface area contributed by atoms with Crippen molar-refractivity contribution in [1.82, 2.24) is 4.57 Å². The molecule has 1 rings (SSSR count). The Balaban J connectivity index is 2.58. The molecular weight excluding hydrogens is 279 g/mol. The van der Waals surface area contributed by atoms with E-state index < -0.39 is 13.0 Å². The fourth-order valence-corrected chi connectivity index (χ4v) is 1.32. The predicted molar refractivity (Wildman–Crippen MR) is 50.4 cm³/mol. The van der Waals surface area contributed by atoms with Crippen molar-refractivity contribution in [3.8, 4) is 0 Å². The van der Waals surface area contributed by atoms with Crippen LogP contribution in [0.15, 0.2) is 27.6 Å². The average Bonchev–Trinajstić information content (AvgIpc) is 2.09. The van der Waals surface area contributed by atoms with Gasteiger partial charge in [0, 0.05) is 23.3 Å². The molecule has 0 spiro atoms. The lowest BCUT2D eigenvalue weighted by molar-refractivity contribution is -0.325. The van der Waals surface area contributed by atoms with Crippen LogP contribution in [0.2, 0.25) is 0 Å². The second kappa shape index (κ2) is 4.80. The monoisotopic (exact) mass is 285 g/mol. The van der Waals surface area contributed by atoms with E-state index in [9.17, 15) is 18.0 Å². The number of hydrogen-bond acceptors (Lipinski definition) is 2. The highest BCUT2D eigenvalue weighted by Crippen LogP contribution is 2.15. The van der Waals surface area contributed by atoms with Gasteiger partial charge in [-0.15, -0.1) is 13.2 Å². The van der Waals surface area contributed by atoms with Crippen LogP contribution in [0.1, 0.15) is 0 Å². The maximum absolute atomic E-state index is 11.6. The predicted octanol–water partition coefficient (Wildman–Crippen LogP) is 2.15. The number of halogens is 4. The minimum Gasteiger partial charge on any atom is -0.312 e. The van der Waals surface area contributed by atoms with Crippen molar-refractivity contribution in [3.63, 3.8) is 0 Å². The van der Waals surface area contributed by atoms with Crippen molar-refractivity contribution in [3.05, 3.63) is 33.2 Å². The molecular formula is C8H7BrF3NO2. The molecule has 15 heavy (non-hydrogen) atoms. The first kappa shape index (κ1) is 12.3. The van der Waals surface area contributed by atoms with Gasteiger partial charge in [0.2, 0.25) is 0 Å². The normalized spacial score (nSPS) is 11.7. The van der Waals surface area contributed by atoms with E-state index >= 15 is 0 Å². The Hall–Kier alpha value is -0.820. The van der Waals surface area contributed by atoms with Gasteiger partial charge in [-0.2, -0.15) is 0 Å². The Labute approximate surface area is 91.6 Å². The van der Waals surface area contributed by atoms with Crippen LogP contribution >= 0.6 is 15.9 Å². The highest BCUT2D eigenvalue weighted by Gasteiger charge is 2.28. The fraction of sp³-hybridized carbons (Fsp3) is 0.375. The first-order chi connectivity index (χ1) is 6.88. The Morgan fingerprint density at radius 3 is 2.67 bits per heavy atom. The van der Waals surface area contributed by atoms with Gasteiger partial charge in [-0.25, -0.2) is 0 Å². The molecule has 7 heteroatoms. The van der Waals surface area contributed by atoms with Crippen molar-refractivity contribution in [2.24, 2.45) is 0 Å². The standard InChI is InChI=1S/C8H7BrF3NO2/c9-6-1-2-7(14)13(5-6)3-4-15-8(10,11)12/h1-2,5H,3-4H2. The molecule has 0 unspecified atom stereocenters. The summed E-state index contributed by atoms with van der Waals surface area (Å²) in [6.07, 6.45) is -3.25. The molecule has 0 radical (unpaired) electrons. The van der Waals surface area contributed by atoms with Crippen LogP contribution in [0, 0.1) is 0 Å². The number of hydrogen-bond donors (Lipinski definition) is 0. The van der Waals surface area contributed by atoms with Crippen molar-refractivity contribution >= 4 is 15.9 Å². The number of nitrogens with zero attached hydrogens (tertiary/aromatic N) is 1. The zero-order chi connectivity index (χ0) is 11.5. The summed E-state index contributed by atoms with van der Waals surface area (Å²) >= 11 is 3.10. The molecule has 0 aliphatic heterocycles. The van der Waals surface area contributed by atoms with Gasteiger partial charge in [-0.3, -0.25) is 9.53 Å². The minimum atomic E-state index is -4.66. The van der Waals surface area contributed by atoms with Gasteiger partial charge in [0.15, 0.2) is 0 Å². The highest BCUT2D eigenvalue weighted by molar-refractivity contribution is 9.10. The summed E-state index contributed by atoms with van der Waals surface area (Å²) in [5.74, 6) is 0. The summed E-state index contributed by atoms with van der Waals surface area (Å²) in [6, 6.07) is 2.78. The van der Waals surface area contributed by atoms with Crippen LogP contribution in [0.4, 0.5) is 13.2 Å². The molecule has 0 atom stereocenters. The first-order valence-corrected chi connectivity index (χ1v) is 4.74. The zero-order valence-electron chi connectivity index (χ0n) is 7.42. The molecule has 0 bridgehead atoms. The molecule has 0 amide bonds. The molecule has 1 aromatic heterocycles. The van der Waals surface area contributed by atoms with E-state index in [1.807, 2.05) is 0 Å². The van der Waals surface area contributed by atoms with E-state index in [-0.39, 0.29) is 12.1 Å². The molecule has 0 N–H and O–H groups in total. The Kier molecular flexibility index (Phi) is 3.92. The second-order valence-electron chi connectivity index (χ2n) is 2.67. The van der Waals surface area contributed by atoms with E-state index in [4.69, 9.17) is 0 Å². The van der Waals surface area contributed by atoms with E-state index in [0.717, 1.165) is 4.57 Å². The Bertz CT molecular complexity index is 388. The van der Waals surface area contributed by atoms with Crippen molar-refractivity contribution in [2.45, 2.75) is 12.9 Å². The van der Waals surface area contributed by atoms with Crippen molar-refractivity contribution in [1.29, 1.82) is 0 Å². The smallest absolute Gasteiger partial charge is 0.312 e. The SMILES string of the molecule is O=c1ccc(Br)cn1CCOC(F)(F)F. The third-order valence-corrected chi connectivity index (χ3v) is 2.01. The van der Waals surface area contributed by atoms with E-state index in [1.165, 1.54) is 18.3 Å². The lowest BCUT2D eigenvalue weighted by Gasteiger charge is -2.08. The number of aromatic nitrogens is 1. The van der Waals surface area contributed by atoms with Crippen LogP contribution in [0.3, 0.4) is 0 Å². The van der Waals surface area contributed by atoms with Gasteiger partial charge < -0.3 is 4.57 Å². The third-order valence-electron chi connectivity index (χ3n) is 1.55. The van der Waals surface area contributed by atoms with Crippen molar-refractivity contribution in [2.75, 3.05) is 6.61 Å². The number of alkyl halides is 3. The van der Waals surface area contributed by atoms with E-state index in [2.05, 4.69) is 20.7 Å². The molecule has 84 valence electrons. The van der Waals surface area contributed by atoms with Gasteiger partial charge in [0.25, 0.3) is 5.56 Å². The van der Waals surface area contributed by atoms with Crippen LogP contribution < -0.4 is 5.56 Å². The van der Waals surface area contributed by atoms with Gasteiger partial charge in [-0.05, 0) is 22.0 Å². The largest absolute Gasteiger partial charge is 0.522 e. The maximum Gasteiger partial charge on any atom is 0.522 e. The molecule has 1 heterocycles. The summed E-state index contributed by atoms with van der Waals surface area (Å²) in [5.41, 5.74) is -0.371. The van der Waals surface area contributed by atoms with Gasteiger partial charge >= 0.3 is 6.36 Å². The molecule has 0 aliphatic carbocycles. The minimum absolute atomic E-state index is 0.141. The average molecular weight is 286 g/mol. The highest BCUT2D eigenvalue weighted by atomic mass is 79.9. The second-order valence-corrected chi connectivity index (χ2v) is 3.59. The molecule has 0 aromatic carbocycles. The van der Waals surface area contributed by atoms with Crippen LogP contribution in [0.5, 0.6) is 0 Å². The lowest BCUT2D eigenvalue weighted by Crippen LogP contribution is -2.23. The Morgan fingerprint density at radius 2 is 2.07 bits per heavy atom.